The van der Waals surface area contributed by atoms with Crippen molar-refractivity contribution >= 4 is 23.9 Å². The Kier molecular flexibility index (Phi) is 5.12. The molecular weight excluding hydrogens is 334 g/mol. The second kappa shape index (κ2) is 7.65. The van der Waals surface area contributed by atoms with E-state index in [4.69, 9.17) is 4.74 Å². The third kappa shape index (κ3) is 3.64. The molecule has 2 aromatic rings. The fourth-order valence-corrected chi connectivity index (χ4v) is 2.61. The largest absolute Gasteiger partial charge is 0.482 e. The number of methoxy groups -OCH3 is 1. The van der Waals surface area contributed by atoms with Gasteiger partial charge in [0.25, 0.3) is 11.8 Å². The van der Waals surface area contributed by atoms with Crippen LogP contribution in [0.1, 0.15) is 26.3 Å². The molecule has 0 spiro atoms. The van der Waals surface area contributed by atoms with E-state index in [0.717, 1.165) is 5.56 Å². The fraction of sp³-hybridized carbons (Fsp3) is 0.150. The predicted octanol–water partition coefficient (Wildman–Crippen LogP) is 2.55. The third-order valence-corrected chi connectivity index (χ3v) is 3.92. The first kappa shape index (κ1) is 17.4. The van der Waals surface area contributed by atoms with E-state index in [0.29, 0.717) is 16.9 Å². The minimum atomic E-state index is -0.462. The number of benzene rings is 2. The summed E-state index contributed by atoms with van der Waals surface area (Å²) in [6.45, 7) is 0.0122. The number of hydrogen-bond acceptors (Lipinski definition) is 5. The van der Waals surface area contributed by atoms with Gasteiger partial charge >= 0.3 is 5.97 Å². The van der Waals surface area contributed by atoms with Gasteiger partial charge in [0.1, 0.15) is 5.75 Å². The molecule has 0 atom stereocenters. The Bertz CT molecular complexity index is 852. The van der Waals surface area contributed by atoms with Crippen LogP contribution in [0.2, 0.25) is 0 Å². The first-order valence-electron chi connectivity index (χ1n) is 8.01. The lowest BCUT2D eigenvalue weighted by molar-refractivity contribution is -0.142. The van der Waals surface area contributed by atoms with Crippen LogP contribution in [-0.2, 0) is 9.53 Å². The molecule has 6 heteroatoms. The lowest BCUT2D eigenvalue weighted by Crippen LogP contribution is -2.29. The minimum Gasteiger partial charge on any atom is -0.482 e. The van der Waals surface area contributed by atoms with Crippen LogP contribution in [0.4, 0.5) is 0 Å². The van der Waals surface area contributed by atoms with Gasteiger partial charge in [0.15, 0.2) is 6.61 Å². The second-order valence-corrected chi connectivity index (χ2v) is 5.61. The summed E-state index contributed by atoms with van der Waals surface area (Å²) in [6.07, 6.45) is 3.52. The number of ether oxygens (including phenoxy) is 2. The monoisotopic (exact) mass is 351 g/mol. The normalized spacial score (nSPS) is 13.2. The number of carbonyl (C=O) groups excluding carboxylic acids is 3. The Morgan fingerprint density at radius 2 is 1.73 bits per heavy atom. The van der Waals surface area contributed by atoms with Gasteiger partial charge in [-0.3, -0.25) is 14.5 Å². The standard InChI is InChI=1S/C20H17NO5/c1-25-18(22)13-26-15-8-4-6-14(12-15)7-5-11-21-19(23)16-9-2-3-10-17(16)20(21)24/h2-10,12H,11,13H2,1H3/b7-5+. The van der Waals surface area contributed by atoms with Crippen LogP contribution in [0.3, 0.4) is 0 Å². The maximum Gasteiger partial charge on any atom is 0.343 e. The quantitative estimate of drug-likeness (QED) is 0.591. The zero-order chi connectivity index (χ0) is 18.5. The van der Waals surface area contributed by atoms with Crippen LogP contribution in [-0.4, -0.2) is 42.9 Å². The molecule has 1 aliphatic heterocycles. The number of carbonyl (C=O) groups is 3. The highest BCUT2D eigenvalue weighted by Gasteiger charge is 2.33. The summed E-state index contributed by atoms with van der Waals surface area (Å²) in [5, 5.41) is 0. The lowest BCUT2D eigenvalue weighted by Gasteiger charge is -2.10. The van der Waals surface area contributed by atoms with Crippen LogP contribution in [0.15, 0.2) is 54.6 Å². The van der Waals surface area contributed by atoms with Gasteiger partial charge in [-0.1, -0.05) is 36.4 Å². The van der Waals surface area contributed by atoms with Gasteiger partial charge in [-0.25, -0.2) is 4.79 Å². The highest BCUT2D eigenvalue weighted by Crippen LogP contribution is 2.22. The van der Waals surface area contributed by atoms with E-state index in [2.05, 4.69) is 4.74 Å². The molecule has 132 valence electrons. The van der Waals surface area contributed by atoms with Crippen molar-refractivity contribution in [2.24, 2.45) is 0 Å². The Labute approximate surface area is 150 Å². The van der Waals surface area contributed by atoms with Crippen molar-refractivity contribution in [3.05, 3.63) is 71.3 Å². The van der Waals surface area contributed by atoms with Crippen molar-refractivity contribution < 1.29 is 23.9 Å². The van der Waals surface area contributed by atoms with Crippen LogP contribution >= 0.6 is 0 Å². The van der Waals surface area contributed by atoms with Crippen LogP contribution in [0.25, 0.3) is 6.08 Å². The molecular formula is C20H17NO5. The summed E-state index contributed by atoms with van der Waals surface area (Å²) in [5.74, 6) is -0.509. The summed E-state index contributed by atoms with van der Waals surface area (Å²) in [4.78, 5) is 36.9. The molecule has 0 saturated carbocycles. The molecule has 0 bridgehead atoms. The molecule has 0 unspecified atom stereocenters. The van der Waals surface area contributed by atoms with Gasteiger partial charge in [0.2, 0.25) is 0 Å². The van der Waals surface area contributed by atoms with E-state index in [-0.39, 0.29) is 25.0 Å². The maximum absolute atomic E-state index is 12.3. The number of fused-ring (bicyclic) bond motifs is 1. The fourth-order valence-electron chi connectivity index (χ4n) is 2.61. The molecule has 2 aromatic carbocycles. The summed E-state index contributed by atoms with van der Waals surface area (Å²) >= 11 is 0. The molecule has 3 rings (SSSR count). The summed E-state index contributed by atoms with van der Waals surface area (Å²) in [7, 11) is 1.30. The highest BCUT2D eigenvalue weighted by molar-refractivity contribution is 6.21. The zero-order valence-corrected chi connectivity index (χ0v) is 14.2. The SMILES string of the molecule is COC(=O)COc1cccc(/C=C/CN2C(=O)c3ccccc3C2=O)c1. The van der Waals surface area contributed by atoms with Crippen molar-refractivity contribution in [3.63, 3.8) is 0 Å². The molecule has 6 nitrogen and oxygen atoms in total. The molecule has 0 saturated heterocycles. The average Bonchev–Trinajstić information content (AvgIpc) is 2.91. The number of imide groups is 1. The van der Waals surface area contributed by atoms with Gasteiger partial charge in [-0.15, -0.1) is 0 Å². The van der Waals surface area contributed by atoms with Crippen molar-refractivity contribution in [3.8, 4) is 5.75 Å². The summed E-state index contributed by atoms with van der Waals surface area (Å²) < 4.78 is 9.85. The number of amides is 2. The molecule has 26 heavy (non-hydrogen) atoms. The topological polar surface area (TPSA) is 72.9 Å². The van der Waals surface area contributed by atoms with Crippen molar-refractivity contribution in [1.29, 1.82) is 0 Å². The van der Waals surface area contributed by atoms with Gasteiger partial charge in [0.05, 0.1) is 18.2 Å². The summed E-state index contributed by atoms with van der Waals surface area (Å²) in [5.41, 5.74) is 1.69. The highest BCUT2D eigenvalue weighted by atomic mass is 16.6. The molecule has 0 N–H and O–H groups in total. The molecule has 1 aliphatic rings. The zero-order valence-electron chi connectivity index (χ0n) is 14.2. The lowest BCUT2D eigenvalue weighted by atomic mass is 10.1. The number of nitrogens with zero attached hydrogens (tertiary/aromatic N) is 1. The number of esters is 1. The Morgan fingerprint density at radius 3 is 2.38 bits per heavy atom. The van der Waals surface area contributed by atoms with Gasteiger partial charge in [-0.2, -0.15) is 0 Å². The second-order valence-electron chi connectivity index (χ2n) is 5.61. The van der Waals surface area contributed by atoms with Gasteiger partial charge in [-0.05, 0) is 29.8 Å². The van der Waals surface area contributed by atoms with Crippen molar-refractivity contribution in [2.45, 2.75) is 0 Å². The molecule has 0 aliphatic carbocycles. The van der Waals surface area contributed by atoms with E-state index in [1.165, 1.54) is 12.0 Å². The molecule has 1 heterocycles. The molecule has 0 aromatic heterocycles. The van der Waals surface area contributed by atoms with Crippen LogP contribution in [0, 0.1) is 0 Å². The Balaban J connectivity index is 1.64. The van der Waals surface area contributed by atoms with E-state index in [1.54, 1.807) is 54.6 Å². The maximum atomic E-state index is 12.3. The average molecular weight is 351 g/mol. The van der Waals surface area contributed by atoms with E-state index in [1.807, 2.05) is 6.07 Å². The van der Waals surface area contributed by atoms with Crippen molar-refractivity contribution in [1.82, 2.24) is 4.90 Å². The summed E-state index contributed by atoms with van der Waals surface area (Å²) in [6, 6.07) is 13.9. The number of rotatable bonds is 6. The first-order valence-corrected chi connectivity index (χ1v) is 8.01. The minimum absolute atomic E-state index is 0.168. The predicted molar refractivity (Wildman–Crippen MR) is 94.8 cm³/mol. The van der Waals surface area contributed by atoms with Crippen molar-refractivity contribution in [2.75, 3.05) is 20.3 Å². The van der Waals surface area contributed by atoms with E-state index >= 15 is 0 Å². The smallest absolute Gasteiger partial charge is 0.343 e. The first-order chi connectivity index (χ1) is 12.6. The molecule has 0 fully saturated rings. The number of hydrogen-bond donors (Lipinski definition) is 0. The van der Waals surface area contributed by atoms with Gasteiger partial charge < -0.3 is 9.47 Å². The Morgan fingerprint density at radius 1 is 1.04 bits per heavy atom. The van der Waals surface area contributed by atoms with Crippen LogP contribution < -0.4 is 4.74 Å². The van der Waals surface area contributed by atoms with E-state index < -0.39 is 5.97 Å². The van der Waals surface area contributed by atoms with Crippen LogP contribution in [0.5, 0.6) is 5.75 Å². The molecule has 0 radical (unpaired) electrons. The van der Waals surface area contributed by atoms with Gasteiger partial charge in [0, 0.05) is 6.54 Å². The third-order valence-electron chi connectivity index (χ3n) is 3.92. The molecule has 2 amide bonds. The Hall–Kier alpha value is -3.41. The van der Waals surface area contributed by atoms with E-state index in [9.17, 15) is 14.4 Å².